The van der Waals surface area contributed by atoms with E-state index in [2.05, 4.69) is 33.1 Å². The SMILES string of the molecule is CCCCc1scc(C)c1C1=NC(C)(C)CO1. The highest BCUT2D eigenvalue weighted by Crippen LogP contribution is 2.29. The molecule has 0 spiro atoms. The van der Waals surface area contributed by atoms with E-state index in [1.807, 2.05) is 11.3 Å². The number of hydrogen-bond acceptors (Lipinski definition) is 3. The summed E-state index contributed by atoms with van der Waals surface area (Å²) in [5.41, 5.74) is 2.50. The zero-order chi connectivity index (χ0) is 12.5. The topological polar surface area (TPSA) is 21.6 Å². The molecular formula is C14H21NOS. The van der Waals surface area contributed by atoms with Gasteiger partial charge in [0.05, 0.1) is 11.1 Å². The second kappa shape index (κ2) is 4.81. The Morgan fingerprint density at radius 3 is 2.82 bits per heavy atom. The van der Waals surface area contributed by atoms with E-state index in [0.29, 0.717) is 6.61 Å². The van der Waals surface area contributed by atoms with Gasteiger partial charge in [-0.15, -0.1) is 11.3 Å². The van der Waals surface area contributed by atoms with Crippen molar-refractivity contribution in [3.8, 4) is 0 Å². The summed E-state index contributed by atoms with van der Waals surface area (Å²) in [6.45, 7) is 9.32. The molecule has 0 aromatic carbocycles. The summed E-state index contributed by atoms with van der Waals surface area (Å²) in [4.78, 5) is 6.12. The summed E-state index contributed by atoms with van der Waals surface area (Å²) in [7, 11) is 0. The van der Waals surface area contributed by atoms with Crippen LogP contribution >= 0.6 is 11.3 Å². The molecule has 2 heterocycles. The summed E-state index contributed by atoms with van der Waals surface area (Å²) < 4.78 is 5.77. The Morgan fingerprint density at radius 2 is 2.24 bits per heavy atom. The lowest BCUT2D eigenvalue weighted by Crippen LogP contribution is -2.17. The molecule has 2 rings (SSSR count). The van der Waals surface area contributed by atoms with Crippen LogP contribution in [-0.2, 0) is 11.2 Å². The van der Waals surface area contributed by atoms with Gasteiger partial charge < -0.3 is 4.74 Å². The van der Waals surface area contributed by atoms with E-state index in [9.17, 15) is 0 Å². The second-order valence-corrected chi connectivity index (χ2v) is 6.30. The highest BCUT2D eigenvalue weighted by atomic mass is 32.1. The van der Waals surface area contributed by atoms with Gasteiger partial charge >= 0.3 is 0 Å². The molecule has 2 nitrogen and oxygen atoms in total. The lowest BCUT2D eigenvalue weighted by Gasteiger charge is -2.07. The van der Waals surface area contributed by atoms with Gasteiger partial charge in [-0.25, -0.2) is 4.99 Å². The number of rotatable bonds is 4. The number of nitrogens with zero attached hydrogens (tertiary/aromatic N) is 1. The number of aliphatic imine (C=N–C) groups is 1. The van der Waals surface area contributed by atoms with Crippen molar-refractivity contribution in [1.82, 2.24) is 0 Å². The molecule has 0 atom stereocenters. The molecule has 17 heavy (non-hydrogen) atoms. The smallest absolute Gasteiger partial charge is 0.218 e. The van der Waals surface area contributed by atoms with Gasteiger partial charge in [0.1, 0.15) is 6.61 Å². The van der Waals surface area contributed by atoms with E-state index in [0.717, 1.165) is 12.3 Å². The van der Waals surface area contributed by atoms with Crippen LogP contribution in [0, 0.1) is 6.92 Å². The number of unbranched alkanes of at least 4 members (excludes halogenated alkanes) is 1. The largest absolute Gasteiger partial charge is 0.475 e. The molecule has 0 bridgehead atoms. The monoisotopic (exact) mass is 251 g/mol. The first-order valence-electron chi connectivity index (χ1n) is 6.33. The molecule has 1 aliphatic heterocycles. The maximum absolute atomic E-state index is 5.77. The lowest BCUT2D eigenvalue weighted by atomic mass is 10.1. The molecule has 0 fully saturated rings. The van der Waals surface area contributed by atoms with Gasteiger partial charge in [0.15, 0.2) is 0 Å². The molecule has 1 aromatic heterocycles. The van der Waals surface area contributed by atoms with E-state index in [1.165, 1.54) is 28.8 Å². The molecular weight excluding hydrogens is 230 g/mol. The molecule has 0 N–H and O–H groups in total. The second-order valence-electron chi connectivity index (χ2n) is 5.34. The van der Waals surface area contributed by atoms with Crippen molar-refractivity contribution in [3.05, 3.63) is 21.4 Å². The fraction of sp³-hybridized carbons (Fsp3) is 0.643. The Hall–Kier alpha value is -0.830. The zero-order valence-electron chi connectivity index (χ0n) is 11.2. The zero-order valence-corrected chi connectivity index (χ0v) is 12.0. The van der Waals surface area contributed by atoms with Crippen LogP contribution in [0.15, 0.2) is 10.4 Å². The quantitative estimate of drug-likeness (QED) is 0.794. The predicted octanol–water partition coefficient (Wildman–Crippen LogP) is 3.95. The average Bonchev–Trinajstić information content (AvgIpc) is 2.79. The van der Waals surface area contributed by atoms with E-state index in [-0.39, 0.29) is 5.54 Å². The molecule has 1 aromatic rings. The van der Waals surface area contributed by atoms with Crippen LogP contribution in [-0.4, -0.2) is 18.0 Å². The first-order valence-corrected chi connectivity index (χ1v) is 7.21. The minimum absolute atomic E-state index is 0.0638. The van der Waals surface area contributed by atoms with Crippen molar-refractivity contribution in [2.24, 2.45) is 4.99 Å². The van der Waals surface area contributed by atoms with Crippen LogP contribution in [0.5, 0.6) is 0 Å². The van der Waals surface area contributed by atoms with E-state index < -0.39 is 0 Å². The van der Waals surface area contributed by atoms with Gasteiger partial charge in [-0.2, -0.15) is 0 Å². The van der Waals surface area contributed by atoms with Crippen molar-refractivity contribution in [3.63, 3.8) is 0 Å². The van der Waals surface area contributed by atoms with Crippen molar-refractivity contribution >= 4 is 17.2 Å². The average molecular weight is 251 g/mol. The first kappa shape index (κ1) is 12.6. The Bertz CT molecular complexity index is 431. The highest BCUT2D eigenvalue weighted by molar-refractivity contribution is 7.10. The van der Waals surface area contributed by atoms with Gasteiger partial charge in [0.2, 0.25) is 5.90 Å². The minimum atomic E-state index is -0.0638. The van der Waals surface area contributed by atoms with Gasteiger partial charge in [0.25, 0.3) is 0 Å². The number of thiophene rings is 1. The third kappa shape index (κ3) is 2.71. The molecule has 94 valence electrons. The highest BCUT2D eigenvalue weighted by Gasteiger charge is 2.29. The molecule has 0 aliphatic carbocycles. The molecule has 0 radical (unpaired) electrons. The van der Waals surface area contributed by atoms with Gasteiger partial charge in [-0.05, 0) is 44.6 Å². The third-order valence-electron chi connectivity index (χ3n) is 2.99. The Kier molecular flexibility index (Phi) is 3.57. The summed E-state index contributed by atoms with van der Waals surface area (Å²) in [5, 5.41) is 2.22. The standard InChI is InChI=1S/C14H21NOS/c1-5-6-7-11-12(10(2)8-17-11)13-15-14(3,4)9-16-13/h8H,5-7,9H2,1-4H3. The van der Waals surface area contributed by atoms with Crippen LogP contribution < -0.4 is 0 Å². The molecule has 1 aliphatic rings. The van der Waals surface area contributed by atoms with Crippen molar-refractivity contribution in [2.75, 3.05) is 6.61 Å². The van der Waals surface area contributed by atoms with Crippen LogP contribution in [0.4, 0.5) is 0 Å². The number of hydrogen-bond donors (Lipinski definition) is 0. The van der Waals surface area contributed by atoms with Crippen LogP contribution in [0.25, 0.3) is 0 Å². The number of ether oxygens (including phenoxy) is 1. The Labute approximate surface area is 108 Å². The summed E-state index contributed by atoms with van der Waals surface area (Å²) in [6, 6.07) is 0. The van der Waals surface area contributed by atoms with Crippen LogP contribution in [0.3, 0.4) is 0 Å². The van der Waals surface area contributed by atoms with Crippen LogP contribution in [0.2, 0.25) is 0 Å². The van der Waals surface area contributed by atoms with E-state index >= 15 is 0 Å². The first-order chi connectivity index (χ1) is 8.03. The normalized spacial score (nSPS) is 18.0. The molecule has 3 heteroatoms. The fourth-order valence-corrected chi connectivity index (χ4v) is 3.08. The summed E-state index contributed by atoms with van der Waals surface area (Å²) in [6.07, 6.45) is 3.62. The molecule has 0 amide bonds. The maximum atomic E-state index is 5.77. The van der Waals surface area contributed by atoms with Crippen molar-refractivity contribution in [1.29, 1.82) is 0 Å². The van der Waals surface area contributed by atoms with Crippen molar-refractivity contribution < 1.29 is 4.74 Å². The van der Waals surface area contributed by atoms with E-state index in [1.54, 1.807) is 0 Å². The lowest BCUT2D eigenvalue weighted by molar-refractivity contribution is 0.279. The molecule has 0 unspecified atom stereocenters. The van der Waals surface area contributed by atoms with E-state index in [4.69, 9.17) is 9.73 Å². The number of aryl methyl sites for hydroxylation is 2. The minimum Gasteiger partial charge on any atom is -0.475 e. The molecule has 0 saturated carbocycles. The van der Waals surface area contributed by atoms with Gasteiger partial charge in [0, 0.05) is 4.88 Å². The van der Waals surface area contributed by atoms with Gasteiger partial charge in [-0.3, -0.25) is 0 Å². The fourth-order valence-electron chi connectivity index (χ4n) is 2.02. The van der Waals surface area contributed by atoms with Gasteiger partial charge in [-0.1, -0.05) is 13.3 Å². The van der Waals surface area contributed by atoms with Crippen molar-refractivity contribution in [2.45, 2.75) is 52.5 Å². The third-order valence-corrected chi connectivity index (χ3v) is 4.15. The summed E-state index contributed by atoms with van der Waals surface area (Å²) >= 11 is 1.84. The van der Waals surface area contributed by atoms with Crippen LogP contribution in [0.1, 0.15) is 49.6 Å². The predicted molar refractivity (Wildman–Crippen MR) is 74.2 cm³/mol. The maximum Gasteiger partial charge on any atom is 0.218 e. The Balaban J connectivity index is 2.29. The Morgan fingerprint density at radius 1 is 1.47 bits per heavy atom. The molecule has 0 saturated heterocycles. The summed E-state index contributed by atoms with van der Waals surface area (Å²) in [5.74, 6) is 0.861.